The minimum absolute atomic E-state index is 0.202. The fourth-order valence-corrected chi connectivity index (χ4v) is 2.36. The van der Waals surface area contributed by atoms with Gasteiger partial charge in [-0.3, -0.25) is 9.36 Å². The molecule has 1 heterocycles. The van der Waals surface area contributed by atoms with Crippen molar-refractivity contribution in [3.63, 3.8) is 0 Å². The van der Waals surface area contributed by atoms with Crippen molar-refractivity contribution in [1.82, 2.24) is 9.55 Å². The molecule has 0 aliphatic rings. The minimum atomic E-state index is -0.631. The Morgan fingerprint density at radius 3 is 2.59 bits per heavy atom. The van der Waals surface area contributed by atoms with Crippen molar-refractivity contribution in [3.8, 4) is 5.75 Å². The van der Waals surface area contributed by atoms with Crippen LogP contribution < -0.4 is 4.74 Å². The number of halogens is 1. The lowest BCUT2D eigenvalue weighted by molar-refractivity contribution is 0.0909. The monoisotopic (exact) mass is 314 g/mol. The molecule has 1 atom stereocenters. The van der Waals surface area contributed by atoms with Gasteiger partial charge in [-0.15, -0.1) is 11.6 Å². The average Bonchev–Trinajstić information content (AvgIpc) is 2.91. The Balaban J connectivity index is 1.97. The van der Waals surface area contributed by atoms with Gasteiger partial charge in [-0.25, -0.2) is 4.98 Å². The van der Waals surface area contributed by atoms with E-state index in [2.05, 4.69) is 4.98 Å². The maximum Gasteiger partial charge on any atom is 0.250 e. The van der Waals surface area contributed by atoms with E-state index in [1.54, 1.807) is 6.92 Å². The van der Waals surface area contributed by atoms with Crippen molar-refractivity contribution in [3.05, 3.63) is 60.4 Å². The van der Waals surface area contributed by atoms with Crippen LogP contribution in [0.5, 0.6) is 5.75 Å². The molecule has 3 aromatic rings. The van der Waals surface area contributed by atoms with Crippen LogP contribution in [0, 0.1) is 0 Å². The number of imidazole rings is 1. The van der Waals surface area contributed by atoms with E-state index in [1.807, 2.05) is 54.6 Å². The molecule has 0 saturated carbocycles. The smallest absolute Gasteiger partial charge is 0.250 e. The maximum absolute atomic E-state index is 12.4. The average molecular weight is 315 g/mol. The minimum Gasteiger partial charge on any atom is -0.486 e. The number of benzene rings is 2. The van der Waals surface area contributed by atoms with Gasteiger partial charge < -0.3 is 4.74 Å². The normalized spacial score (nSPS) is 12.3. The molecule has 0 spiro atoms. The third kappa shape index (κ3) is 2.83. The van der Waals surface area contributed by atoms with Gasteiger partial charge >= 0.3 is 0 Å². The number of rotatable bonds is 4. The molecule has 0 fully saturated rings. The number of aromatic nitrogens is 2. The van der Waals surface area contributed by atoms with Gasteiger partial charge in [0, 0.05) is 0 Å². The van der Waals surface area contributed by atoms with E-state index in [0.29, 0.717) is 5.82 Å². The summed E-state index contributed by atoms with van der Waals surface area (Å²) in [5, 5.41) is -0.631. The molecule has 0 bridgehead atoms. The Bertz CT molecular complexity index is 797. The van der Waals surface area contributed by atoms with E-state index < -0.39 is 5.38 Å². The number of hydrogen-bond donors (Lipinski definition) is 0. The predicted molar refractivity (Wildman–Crippen MR) is 86.4 cm³/mol. The molecule has 0 N–H and O–H groups in total. The summed E-state index contributed by atoms with van der Waals surface area (Å²) in [5.41, 5.74) is 1.49. The van der Waals surface area contributed by atoms with Gasteiger partial charge in [-0.1, -0.05) is 30.3 Å². The molecule has 5 heteroatoms. The van der Waals surface area contributed by atoms with Crippen LogP contribution in [-0.4, -0.2) is 20.8 Å². The first kappa shape index (κ1) is 14.6. The molecular formula is C17H15ClN2O2. The molecule has 112 valence electrons. The molecule has 0 amide bonds. The van der Waals surface area contributed by atoms with E-state index in [-0.39, 0.29) is 12.5 Å². The third-order valence-electron chi connectivity index (χ3n) is 3.30. The number of alkyl halides is 1. The zero-order valence-corrected chi connectivity index (χ0v) is 12.8. The molecule has 3 rings (SSSR count). The van der Waals surface area contributed by atoms with Gasteiger partial charge in [0.2, 0.25) is 5.91 Å². The fourth-order valence-electron chi connectivity index (χ4n) is 2.26. The van der Waals surface area contributed by atoms with Crippen LogP contribution in [-0.2, 0) is 6.61 Å². The second-order valence-corrected chi connectivity index (χ2v) is 5.56. The molecule has 0 aliphatic heterocycles. The Labute approximate surface area is 133 Å². The second kappa shape index (κ2) is 6.20. The van der Waals surface area contributed by atoms with Crippen LogP contribution in [0.1, 0.15) is 17.5 Å². The van der Waals surface area contributed by atoms with Crippen molar-refractivity contribution < 1.29 is 9.53 Å². The molecule has 0 saturated heterocycles. The number of carbonyl (C=O) groups is 1. The molecule has 1 aromatic heterocycles. The van der Waals surface area contributed by atoms with Gasteiger partial charge in [0.15, 0.2) is 5.82 Å². The molecule has 0 radical (unpaired) electrons. The van der Waals surface area contributed by atoms with Crippen molar-refractivity contribution >= 4 is 28.5 Å². The van der Waals surface area contributed by atoms with Crippen molar-refractivity contribution in [2.45, 2.75) is 18.9 Å². The summed E-state index contributed by atoms with van der Waals surface area (Å²) in [5.74, 6) is 1.07. The van der Waals surface area contributed by atoms with E-state index in [9.17, 15) is 4.79 Å². The lowest BCUT2D eigenvalue weighted by Gasteiger charge is -2.10. The Morgan fingerprint density at radius 2 is 1.86 bits per heavy atom. The van der Waals surface area contributed by atoms with Crippen LogP contribution in [0.15, 0.2) is 54.6 Å². The summed E-state index contributed by atoms with van der Waals surface area (Å²) in [6.45, 7) is 1.86. The molecule has 22 heavy (non-hydrogen) atoms. The zero-order valence-electron chi connectivity index (χ0n) is 12.1. The number of ether oxygens (including phenoxy) is 1. The van der Waals surface area contributed by atoms with Gasteiger partial charge in [0.1, 0.15) is 17.7 Å². The molecular weight excluding hydrogens is 300 g/mol. The highest BCUT2D eigenvalue weighted by atomic mass is 35.5. The first-order valence-electron chi connectivity index (χ1n) is 6.99. The number of fused-ring (bicyclic) bond motifs is 1. The number of hydrogen-bond acceptors (Lipinski definition) is 3. The number of carbonyl (C=O) groups excluding carboxylic acids is 1. The molecule has 1 unspecified atom stereocenters. The Morgan fingerprint density at radius 1 is 1.18 bits per heavy atom. The van der Waals surface area contributed by atoms with Crippen LogP contribution >= 0.6 is 11.6 Å². The van der Waals surface area contributed by atoms with Gasteiger partial charge in [-0.05, 0) is 31.2 Å². The van der Waals surface area contributed by atoms with E-state index in [0.717, 1.165) is 16.8 Å². The maximum atomic E-state index is 12.4. The summed E-state index contributed by atoms with van der Waals surface area (Å²) >= 11 is 5.97. The van der Waals surface area contributed by atoms with Gasteiger partial charge in [0.25, 0.3) is 0 Å². The predicted octanol–water partition coefficient (Wildman–Crippen LogP) is 3.88. The lowest BCUT2D eigenvalue weighted by Crippen LogP contribution is -2.22. The number of para-hydroxylation sites is 3. The quantitative estimate of drug-likeness (QED) is 0.686. The van der Waals surface area contributed by atoms with E-state index in [1.165, 1.54) is 4.57 Å². The van der Waals surface area contributed by atoms with Gasteiger partial charge in [-0.2, -0.15) is 0 Å². The third-order valence-corrected chi connectivity index (χ3v) is 3.49. The Kier molecular flexibility index (Phi) is 4.11. The first-order valence-corrected chi connectivity index (χ1v) is 7.43. The summed E-state index contributed by atoms with van der Waals surface area (Å²) in [6.07, 6.45) is 0. The highest BCUT2D eigenvalue weighted by Gasteiger charge is 2.20. The largest absolute Gasteiger partial charge is 0.486 e. The van der Waals surface area contributed by atoms with Crippen LogP contribution in [0.4, 0.5) is 0 Å². The standard InChI is InChI=1S/C17H15ClN2O2/c1-12(18)17(21)20-15-10-6-5-9-14(15)19-16(20)11-22-13-7-3-2-4-8-13/h2-10,12H,11H2,1H3. The SMILES string of the molecule is CC(Cl)C(=O)n1c(COc2ccccc2)nc2ccccc21. The van der Waals surface area contributed by atoms with Crippen LogP contribution in [0.3, 0.4) is 0 Å². The second-order valence-electron chi connectivity index (χ2n) is 4.91. The molecule has 2 aromatic carbocycles. The lowest BCUT2D eigenvalue weighted by atomic mass is 10.3. The highest BCUT2D eigenvalue weighted by Crippen LogP contribution is 2.19. The summed E-state index contributed by atoms with van der Waals surface area (Å²) in [7, 11) is 0. The Hall–Kier alpha value is -2.33. The fraction of sp³-hybridized carbons (Fsp3) is 0.176. The van der Waals surface area contributed by atoms with E-state index >= 15 is 0 Å². The van der Waals surface area contributed by atoms with Gasteiger partial charge in [0.05, 0.1) is 11.0 Å². The summed E-state index contributed by atoms with van der Waals surface area (Å²) < 4.78 is 7.25. The zero-order chi connectivity index (χ0) is 15.5. The highest BCUT2D eigenvalue weighted by molar-refractivity contribution is 6.31. The van der Waals surface area contributed by atoms with Crippen LogP contribution in [0.25, 0.3) is 11.0 Å². The molecule has 0 aliphatic carbocycles. The van der Waals surface area contributed by atoms with Crippen molar-refractivity contribution in [1.29, 1.82) is 0 Å². The van der Waals surface area contributed by atoms with E-state index in [4.69, 9.17) is 16.3 Å². The van der Waals surface area contributed by atoms with Crippen molar-refractivity contribution in [2.75, 3.05) is 0 Å². The topological polar surface area (TPSA) is 44.1 Å². The number of nitrogens with zero attached hydrogens (tertiary/aromatic N) is 2. The first-order chi connectivity index (χ1) is 10.7. The van der Waals surface area contributed by atoms with Crippen LogP contribution in [0.2, 0.25) is 0 Å². The summed E-state index contributed by atoms with van der Waals surface area (Å²) in [6, 6.07) is 16.9. The van der Waals surface area contributed by atoms with Crippen molar-refractivity contribution in [2.24, 2.45) is 0 Å². The molecule has 4 nitrogen and oxygen atoms in total. The summed E-state index contributed by atoms with van der Waals surface area (Å²) in [4.78, 5) is 16.9.